The van der Waals surface area contributed by atoms with Crippen LogP contribution in [0.2, 0.25) is 0 Å². The van der Waals surface area contributed by atoms with Gasteiger partial charge in [0, 0.05) is 18.4 Å². The zero-order valence-electron chi connectivity index (χ0n) is 18.0. The van der Waals surface area contributed by atoms with Crippen LogP contribution in [0, 0.1) is 6.92 Å². The largest absolute Gasteiger partial charge is 0.503 e. The SMILES string of the molecule is Cc1ccc([C@@H]2C(C(=O)c3cc4ccccc4o3)=C(O)C(=O)N2CCC[NH+](C)C)cc1. The molecule has 6 heteroatoms. The van der Waals surface area contributed by atoms with E-state index in [1.54, 1.807) is 17.0 Å². The van der Waals surface area contributed by atoms with Crippen molar-refractivity contribution in [1.82, 2.24) is 4.90 Å². The Balaban J connectivity index is 1.74. The van der Waals surface area contributed by atoms with E-state index in [-0.39, 0.29) is 11.3 Å². The first-order valence-corrected chi connectivity index (χ1v) is 10.5. The summed E-state index contributed by atoms with van der Waals surface area (Å²) in [5.41, 5.74) is 2.53. The number of hydrogen-bond acceptors (Lipinski definition) is 4. The van der Waals surface area contributed by atoms with Gasteiger partial charge in [-0.3, -0.25) is 9.59 Å². The third kappa shape index (κ3) is 3.99. The highest BCUT2D eigenvalue weighted by Gasteiger charge is 2.44. The molecule has 31 heavy (non-hydrogen) atoms. The van der Waals surface area contributed by atoms with Crippen molar-refractivity contribution >= 4 is 22.7 Å². The van der Waals surface area contributed by atoms with Gasteiger partial charge in [0.1, 0.15) is 5.58 Å². The molecule has 0 fully saturated rings. The molecule has 1 aliphatic heterocycles. The van der Waals surface area contributed by atoms with Gasteiger partial charge in [0.15, 0.2) is 11.5 Å². The number of carbonyl (C=O) groups is 2. The van der Waals surface area contributed by atoms with Gasteiger partial charge in [-0.25, -0.2) is 0 Å². The van der Waals surface area contributed by atoms with E-state index in [0.29, 0.717) is 12.1 Å². The number of ketones is 1. The Labute approximate surface area is 181 Å². The minimum atomic E-state index is -0.647. The number of Topliss-reactive ketones (excluding diaryl/α,β-unsaturated/α-hetero) is 1. The van der Waals surface area contributed by atoms with Crippen LogP contribution in [0.5, 0.6) is 0 Å². The molecular weight excluding hydrogens is 392 g/mol. The van der Waals surface area contributed by atoms with Crippen molar-refractivity contribution in [2.24, 2.45) is 0 Å². The second-order valence-electron chi connectivity index (χ2n) is 8.36. The number of nitrogens with zero attached hydrogens (tertiary/aromatic N) is 1. The maximum Gasteiger partial charge on any atom is 0.290 e. The molecule has 4 rings (SSSR count). The lowest BCUT2D eigenvalue weighted by Crippen LogP contribution is -3.05. The van der Waals surface area contributed by atoms with Gasteiger partial charge >= 0.3 is 0 Å². The van der Waals surface area contributed by atoms with Gasteiger partial charge in [0.25, 0.3) is 5.91 Å². The number of benzene rings is 2. The molecule has 0 spiro atoms. The average molecular weight is 420 g/mol. The standard InChI is InChI=1S/C25H26N2O4/c1-16-9-11-17(12-10-16)22-21(24(29)25(30)27(22)14-6-13-26(2)3)23(28)20-15-18-7-4-5-8-19(18)31-20/h4-5,7-12,15,22,29H,6,13-14H2,1-3H3/p+1/t22-/m1/s1. The number of nitrogens with one attached hydrogen (secondary N) is 1. The predicted octanol–water partition coefficient (Wildman–Crippen LogP) is 2.85. The molecule has 2 aromatic carbocycles. The lowest BCUT2D eigenvalue weighted by atomic mass is 9.94. The number of amides is 1. The summed E-state index contributed by atoms with van der Waals surface area (Å²) in [5, 5.41) is 11.5. The van der Waals surface area contributed by atoms with Crippen LogP contribution in [0.25, 0.3) is 11.0 Å². The zero-order valence-corrected chi connectivity index (χ0v) is 18.0. The number of para-hydroxylation sites is 1. The average Bonchev–Trinajstić information content (AvgIpc) is 3.28. The van der Waals surface area contributed by atoms with E-state index in [1.807, 2.05) is 49.4 Å². The molecule has 1 amide bonds. The smallest absolute Gasteiger partial charge is 0.290 e. The summed E-state index contributed by atoms with van der Waals surface area (Å²) in [4.78, 5) is 29.3. The van der Waals surface area contributed by atoms with Crippen molar-refractivity contribution in [1.29, 1.82) is 0 Å². The van der Waals surface area contributed by atoms with Crippen LogP contribution in [-0.2, 0) is 4.79 Å². The van der Waals surface area contributed by atoms with Crippen LogP contribution in [0.3, 0.4) is 0 Å². The first-order chi connectivity index (χ1) is 14.9. The van der Waals surface area contributed by atoms with E-state index in [0.717, 1.165) is 29.5 Å². The van der Waals surface area contributed by atoms with Crippen molar-refractivity contribution in [3.8, 4) is 0 Å². The number of carbonyl (C=O) groups excluding carboxylic acids is 2. The maximum absolute atomic E-state index is 13.5. The number of rotatable bonds is 7. The lowest BCUT2D eigenvalue weighted by molar-refractivity contribution is -0.858. The zero-order chi connectivity index (χ0) is 22.1. The first kappa shape index (κ1) is 20.9. The van der Waals surface area contributed by atoms with E-state index in [1.165, 1.54) is 4.90 Å². The summed E-state index contributed by atoms with van der Waals surface area (Å²) < 4.78 is 5.75. The molecule has 2 N–H and O–H groups in total. The molecule has 1 aliphatic rings. The Hall–Kier alpha value is -3.38. The molecule has 0 unspecified atom stereocenters. The number of furan rings is 1. The number of aliphatic hydroxyl groups excluding tert-OH is 1. The fraction of sp³-hybridized carbons (Fsp3) is 0.280. The lowest BCUT2D eigenvalue weighted by Gasteiger charge is -2.27. The minimum Gasteiger partial charge on any atom is -0.503 e. The monoisotopic (exact) mass is 419 g/mol. The Kier molecular flexibility index (Phi) is 5.65. The second-order valence-corrected chi connectivity index (χ2v) is 8.36. The fourth-order valence-corrected chi connectivity index (χ4v) is 4.04. The topological polar surface area (TPSA) is 75.2 Å². The summed E-state index contributed by atoms with van der Waals surface area (Å²) in [6.07, 6.45) is 0.760. The molecule has 0 radical (unpaired) electrons. The van der Waals surface area contributed by atoms with Crippen LogP contribution in [0.4, 0.5) is 0 Å². The van der Waals surface area contributed by atoms with Gasteiger partial charge in [-0.05, 0) is 24.6 Å². The van der Waals surface area contributed by atoms with Crippen molar-refractivity contribution < 1.29 is 24.0 Å². The Morgan fingerprint density at radius 2 is 1.84 bits per heavy atom. The van der Waals surface area contributed by atoms with Gasteiger partial charge in [0.05, 0.1) is 32.3 Å². The Bertz CT molecular complexity index is 1120. The van der Waals surface area contributed by atoms with E-state index in [9.17, 15) is 14.7 Å². The normalized spacial score (nSPS) is 16.7. The van der Waals surface area contributed by atoms with Crippen molar-refractivity contribution in [2.75, 3.05) is 27.2 Å². The fourth-order valence-electron chi connectivity index (χ4n) is 4.04. The molecule has 0 saturated heterocycles. The number of fused-ring (bicyclic) bond motifs is 1. The van der Waals surface area contributed by atoms with E-state index in [4.69, 9.17) is 4.42 Å². The molecule has 160 valence electrons. The molecule has 0 saturated carbocycles. The molecule has 6 nitrogen and oxygen atoms in total. The highest BCUT2D eigenvalue weighted by molar-refractivity contribution is 6.16. The number of quaternary nitrogens is 1. The first-order valence-electron chi connectivity index (χ1n) is 10.5. The Morgan fingerprint density at radius 3 is 2.52 bits per heavy atom. The minimum absolute atomic E-state index is 0.0742. The van der Waals surface area contributed by atoms with Crippen LogP contribution in [0.1, 0.15) is 34.1 Å². The maximum atomic E-state index is 13.5. The van der Waals surface area contributed by atoms with E-state index >= 15 is 0 Å². The number of hydrogen-bond donors (Lipinski definition) is 2. The van der Waals surface area contributed by atoms with Crippen LogP contribution < -0.4 is 4.90 Å². The van der Waals surface area contributed by atoms with Crippen LogP contribution in [0.15, 0.2) is 70.3 Å². The Morgan fingerprint density at radius 1 is 1.13 bits per heavy atom. The van der Waals surface area contributed by atoms with Gasteiger partial charge in [-0.1, -0.05) is 48.0 Å². The van der Waals surface area contributed by atoms with Gasteiger partial charge in [0.2, 0.25) is 5.78 Å². The quantitative estimate of drug-likeness (QED) is 0.578. The second kappa shape index (κ2) is 8.40. The molecule has 1 atom stereocenters. The highest BCUT2D eigenvalue weighted by Crippen LogP contribution is 2.39. The molecule has 0 aliphatic carbocycles. The highest BCUT2D eigenvalue weighted by atomic mass is 16.3. The molecule has 2 heterocycles. The van der Waals surface area contributed by atoms with Crippen LogP contribution >= 0.6 is 0 Å². The van der Waals surface area contributed by atoms with Crippen molar-refractivity contribution in [3.63, 3.8) is 0 Å². The summed E-state index contributed by atoms with van der Waals surface area (Å²) in [6.45, 7) is 3.30. The number of aryl methyl sites for hydroxylation is 1. The number of aliphatic hydroxyl groups is 1. The summed E-state index contributed by atoms with van der Waals surface area (Å²) >= 11 is 0. The summed E-state index contributed by atoms with van der Waals surface area (Å²) in [6, 6.07) is 16.1. The summed E-state index contributed by atoms with van der Waals surface area (Å²) in [5.74, 6) is -1.35. The summed E-state index contributed by atoms with van der Waals surface area (Å²) in [7, 11) is 4.10. The molecule has 0 bridgehead atoms. The van der Waals surface area contributed by atoms with Gasteiger partial charge < -0.3 is 19.3 Å². The molecule has 1 aromatic heterocycles. The third-order valence-corrected chi connectivity index (χ3v) is 5.67. The van der Waals surface area contributed by atoms with E-state index < -0.39 is 23.5 Å². The van der Waals surface area contributed by atoms with Crippen LogP contribution in [-0.4, -0.2) is 48.9 Å². The third-order valence-electron chi connectivity index (χ3n) is 5.67. The predicted molar refractivity (Wildman–Crippen MR) is 118 cm³/mol. The van der Waals surface area contributed by atoms with Gasteiger partial charge in [-0.15, -0.1) is 0 Å². The van der Waals surface area contributed by atoms with Gasteiger partial charge in [-0.2, -0.15) is 0 Å². The van der Waals surface area contributed by atoms with E-state index in [2.05, 4.69) is 14.1 Å². The van der Waals surface area contributed by atoms with Crippen molar-refractivity contribution in [3.05, 3.63) is 82.8 Å². The molecule has 3 aromatic rings. The molecular formula is C25H27N2O4+. The van der Waals surface area contributed by atoms with Crippen molar-refractivity contribution in [2.45, 2.75) is 19.4 Å².